The minimum absolute atomic E-state index is 0.474. The first kappa shape index (κ1) is 25.7. The summed E-state index contributed by atoms with van der Waals surface area (Å²) in [5.74, 6) is 0.474. The van der Waals surface area contributed by atoms with Crippen LogP contribution in [0.1, 0.15) is 31.2 Å². The van der Waals surface area contributed by atoms with Crippen molar-refractivity contribution in [3.63, 3.8) is 0 Å². The number of hydrogen-bond acceptors (Lipinski definition) is 5. The van der Waals surface area contributed by atoms with E-state index in [2.05, 4.69) is 41.6 Å². The van der Waals surface area contributed by atoms with Gasteiger partial charge in [0.1, 0.15) is 11.3 Å². The fourth-order valence-corrected chi connectivity index (χ4v) is 6.09. The molecule has 4 aromatic carbocycles. The van der Waals surface area contributed by atoms with Gasteiger partial charge in [-0.15, -0.1) is 5.10 Å². The van der Waals surface area contributed by atoms with E-state index in [9.17, 15) is 9.90 Å². The number of nitrogens with zero attached hydrogens (tertiary/aromatic N) is 4. The van der Waals surface area contributed by atoms with Crippen molar-refractivity contribution in [1.82, 2.24) is 19.4 Å². The Morgan fingerprint density at radius 2 is 1.69 bits per heavy atom. The highest BCUT2D eigenvalue weighted by atomic mass is 16.3. The van der Waals surface area contributed by atoms with E-state index in [-0.39, 0.29) is 0 Å². The molecule has 42 heavy (non-hydrogen) atoms. The van der Waals surface area contributed by atoms with Gasteiger partial charge in [-0.3, -0.25) is 5.43 Å². The number of nitrogens with two attached hydrogens (primary N) is 1. The van der Waals surface area contributed by atoms with E-state index in [1.54, 1.807) is 10.9 Å². The Morgan fingerprint density at radius 3 is 2.48 bits per heavy atom. The zero-order chi connectivity index (χ0) is 29.0. The Morgan fingerprint density at radius 1 is 0.929 bits per heavy atom. The number of aliphatic hydroxyl groups excluding tert-OH is 1. The summed E-state index contributed by atoms with van der Waals surface area (Å²) in [4.78, 5) is 13.4. The molecule has 1 amide bonds. The Hall–Kier alpha value is -5.21. The van der Waals surface area contributed by atoms with Crippen LogP contribution in [0.2, 0.25) is 0 Å². The van der Waals surface area contributed by atoms with E-state index in [1.807, 2.05) is 78.9 Å². The normalized spacial score (nSPS) is 12.6. The number of carbonyl (C=O) groups excluding carboxylic acids is 1. The van der Waals surface area contributed by atoms with Gasteiger partial charge in [-0.1, -0.05) is 92.7 Å². The third-order valence-electron chi connectivity index (χ3n) is 7.80. The molecule has 3 heterocycles. The molecule has 8 heteroatoms. The van der Waals surface area contributed by atoms with E-state index in [1.165, 1.54) is 10.1 Å². The highest BCUT2D eigenvalue weighted by Crippen LogP contribution is 2.42. The maximum absolute atomic E-state index is 13.4. The molecule has 0 spiro atoms. The number of carbonyl (C=O) groups is 1. The van der Waals surface area contributed by atoms with Gasteiger partial charge in [-0.25, -0.2) is 14.0 Å². The van der Waals surface area contributed by atoms with E-state index >= 15 is 0 Å². The van der Waals surface area contributed by atoms with E-state index < -0.39 is 12.3 Å². The molecular weight excluding hydrogens is 524 g/mol. The monoisotopic (exact) mass is 554 g/mol. The van der Waals surface area contributed by atoms with Crippen molar-refractivity contribution in [1.29, 1.82) is 0 Å². The number of fused-ring (bicyclic) bond motifs is 6. The fraction of sp³-hybridized carbons (Fsp3) is 0.147. The van der Waals surface area contributed by atoms with Crippen LogP contribution in [0.4, 0.5) is 4.79 Å². The molecule has 208 valence electrons. The number of para-hydroxylation sites is 1. The second-order valence-electron chi connectivity index (χ2n) is 11.1. The fourth-order valence-electron chi connectivity index (χ4n) is 6.09. The summed E-state index contributed by atoms with van der Waals surface area (Å²) in [5.41, 5.74) is 14.7. The highest BCUT2D eigenvalue weighted by molar-refractivity contribution is 6.26. The van der Waals surface area contributed by atoms with Gasteiger partial charge in [-0.05, 0) is 30.0 Å². The minimum Gasteiger partial charge on any atom is -0.368 e. The summed E-state index contributed by atoms with van der Waals surface area (Å²) < 4.78 is 3.31. The molecular formula is C34H30N6O2. The maximum Gasteiger partial charge on any atom is 0.325 e. The number of benzene rings is 4. The number of nitrogens with one attached hydrogen (secondary N) is 1. The molecule has 0 fully saturated rings. The van der Waals surface area contributed by atoms with Crippen LogP contribution in [0.5, 0.6) is 0 Å². The Balaban J connectivity index is 1.59. The molecule has 0 aliphatic heterocycles. The van der Waals surface area contributed by atoms with Gasteiger partial charge in [0.2, 0.25) is 0 Å². The number of hydrogen-bond donors (Lipinski definition) is 3. The van der Waals surface area contributed by atoms with Crippen LogP contribution in [-0.2, 0) is 6.42 Å². The van der Waals surface area contributed by atoms with Gasteiger partial charge in [0.25, 0.3) is 0 Å². The lowest BCUT2D eigenvalue weighted by Crippen LogP contribution is -2.25. The molecule has 0 aliphatic carbocycles. The summed E-state index contributed by atoms with van der Waals surface area (Å²) in [7, 11) is 0. The van der Waals surface area contributed by atoms with Crippen molar-refractivity contribution in [3.05, 3.63) is 108 Å². The van der Waals surface area contributed by atoms with Crippen LogP contribution in [0.15, 0.2) is 97.2 Å². The zero-order valence-electron chi connectivity index (χ0n) is 23.3. The standard InChI is InChI=1S/C34H30N6O2/c1-20(2)17-21-15-16-28-27(18-21)29-25-13-8-14-26(30-24-12-7-6-11-23(24)19-36-37-30)31(25)39(34(35)42)33(29)40(28)38-32(41)22-9-4-3-5-10-22/h3-16,18-20,32,38,41H,17H2,1-2H3,(H2,35,42). The van der Waals surface area contributed by atoms with Crippen molar-refractivity contribution in [2.24, 2.45) is 11.7 Å². The van der Waals surface area contributed by atoms with Crippen molar-refractivity contribution < 1.29 is 9.90 Å². The van der Waals surface area contributed by atoms with Crippen LogP contribution in [0, 0.1) is 5.92 Å². The highest BCUT2D eigenvalue weighted by Gasteiger charge is 2.26. The van der Waals surface area contributed by atoms with Gasteiger partial charge in [0.05, 0.1) is 17.2 Å². The lowest BCUT2D eigenvalue weighted by Gasteiger charge is -2.18. The SMILES string of the molecule is CC(C)Cc1ccc2c(c1)c1c3cccc(-c4nncc5ccccc45)c3n(C(N)=O)c1n2NC(O)c1ccccc1. The summed E-state index contributed by atoms with van der Waals surface area (Å²) in [6.07, 6.45) is 1.60. The molecule has 0 aliphatic rings. The second-order valence-corrected chi connectivity index (χ2v) is 11.1. The molecule has 3 aromatic heterocycles. The molecule has 1 unspecified atom stereocenters. The predicted octanol–water partition coefficient (Wildman–Crippen LogP) is 6.72. The minimum atomic E-state index is -1.04. The Labute approximate surface area is 242 Å². The topological polar surface area (TPSA) is 111 Å². The molecule has 4 N–H and O–H groups in total. The zero-order valence-corrected chi connectivity index (χ0v) is 23.3. The van der Waals surface area contributed by atoms with Crippen LogP contribution >= 0.6 is 0 Å². The molecule has 0 saturated carbocycles. The second kappa shape index (κ2) is 10.0. The van der Waals surface area contributed by atoms with Crippen molar-refractivity contribution in [3.8, 4) is 11.3 Å². The lowest BCUT2D eigenvalue weighted by molar-refractivity contribution is 0.193. The average Bonchev–Trinajstić information content (AvgIpc) is 3.50. The van der Waals surface area contributed by atoms with E-state index in [4.69, 9.17) is 5.73 Å². The molecule has 0 saturated heterocycles. The molecule has 7 rings (SSSR count). The summed E-state index contributed by atoms with van der Waals surface area (Å²) in [6, 6.07) is 28.9. The summed E-state index contributed by atoms with van der Waals surface area (Å²) in [6.45, 7) is 4.39. The van der Waals surface area contributed by atoms with Gasteiger partial charge >= 0.3 is 6.03 Å². The molecule has 0 bridgehead atoms. The number of amides is 1. The first-order chi connectivity index (χ1) is 20.4. The van der Waals surface area contributed by atoms with Gasteiger partial charge < -0.3 is 10.8 Å². The third-order valence-corrected chi connectivity index (χ3v) is 7.80. The first-order valence-corrected chi connectivity index (χ1v) is 14.0. The summed E-state index contributed by atoms with van der Waals surface area (Å²) >= 11 is 0. The lowest BCUT2D eigenvalue weighted by atomic mass is 9.99. The maximum atomic E-state index is 13.4. The number of aromatic nitrogens is 4. The van der Waals surface area contributed by atoms with Gasteiger partial charge in [-0.2, -0.15) is 5.10 Å². The van der Waals surface area contributed by atoms with Gasteiger partial charge in [0, 0.05) is 38.1 Å². The Kier molecular flexibility index (Phi) is 6.13. The third kappa shape index (κ3) is 4.07. The van der Waals surface area contributed by atoms with E-state index in [0.717, 1.165) is 44.4 Å². The molecule has 8 nitrogen and oxygen atoms in total. The van der Waals surface area contributed by atoms with E-state index in [0.29, 0.717) is 28.3 Å². The van der Waals surface area contributed by atoms with Crippen LogP contribution < -0.4 is 11.2 Å². The smallest absolute Gasteiger partial charge is 0.325 e. The quantitative estimate of drug-likeness (QED) is 0.198. The Bertz CT molecular complexity index is 2120. The largest absolute Gasteiger partial charge is 0.368 e. The average molecular weight is 555 g/mol. The van der Waals surface area contributed by atoms with Crippen LogP contribution in [0.25, 0.3) is 54.9 Å². The summed E-state index contributed by atoms with van der Waals surface area (Å²) in [5, 5.41) is 24.6. The van der Waals surface area contributed by atoms with Crippen LogP contribution in [0.3, 0.4) is 0 Å². The first-order valence-electron chi connectivity index (χ1n) is 14.0. The van der Waals surface area contributed by atoms with Crippen molar-refractivity contribution in [2.45, 2.75) is 26.5 Å². The number of aliphatic hydroxyl groups is 1. The molecule has 1 atom stereocenters. The molecule has 0 radical (unpaired) electrons. The number of primary amides is 1. The molecule has 7 aromatic rings. The van der Waals surface area contributed by atoms with Crippen molar-refractivity contribution in [2.75, 3.05) is 5.43 Å². The van der Waals surface area contributed by atoms with Crippen LogP contribution in [-0.4, -0.2) is 30.6 Å². The predicted molar refractivity (Wildman–Crippen MR) is 168 cm³/mol. The van der Waals surface area contributed by atoms with Gasteiger partial charge in [0.15, 0.2) is 6.23 Å². The van der Waals surface area contributed by atoms with Crippen molar-refractivity contribution >= 4 is 49.6 Å². The number of rotatable bonds is 6.